The Labute approximate surface area is 104 Å². The maximum atomic E-state index is 10.0. The van der Waals surface area contributed by atoms with E-state index in [9.17, 15) is 5.11 Å². The van der Waals surface area contributed by atoms with E-state index < -0.39 is 0 Å². The number of phenolic OH excluding ortho intramolecular Hbond substituents is 1. The van der Waals surface area contributed by atoms with Crippen LogP contribution in [0.2, 0.25) is 0 Å². The van der Waals surface area contributed by atoms with Crippen molar-refractivity contribution >= 4 is 15.9 Å². The van der Waals surface area contributed by atoms with E-state index in [0.29, 0.717) is 5.75 Å². The molecule has 1 aliphatic carbocycles. The van der Waals surface area contributed by atoms with E-state index >= 15 is 0 Å². The first-order valence-electron chi connectivity index (χ1n) is 5.44. The van der Waals surface area contributed by atoms with Gasteiger partial charge in [0.25, 0.3) is 0 Å². The van der Waals surface area contributed by atoms with Crippen molar-refractivity contribution in [3.63, 3.8) is 0 Å². The van der Waals surface area contributed by atoms with E-state index in [4.69, 9.17) is 4.74 Å². The molecule has 3 heteroatoms. The smallest absolute Gasteiger partial charge is 0.136 e. The Morgan fingerprint density at radius 2 is 2.25 bits per heavy atom. The van der Waals surface area contributed by atoms with Gasteiger partial charge in [-0.15, -0.1) is 0 Å². The maximum absolute atomic E-state index is 10.0. The average Bonchev–Trinajstić information content (AvgIpc) is 2.78. The normalized spacial score (nSPS) is 15.0. The second kappa shape index (κ2) is 4.91. The molecule has 2 nitrogen and oxygen atoms in total. The zero-order valence-electron chi connectivity index (χ0n) is 9.29. The van der Waals surface area contributed by atoms with Gasteiger partial charge in [-0.05, 0) is 47.3 Å². The van der Waals surface area contributed by atoms with Crippen LogP contribution in [0.25, 0.3) is 0 Å². The van der Waals surface area contributed by atoms with Crippen LogP contribution in [0.3, 0.4) is 0 Å². The predicted molar refractivity (Wildman–Crippen MR) is 68.0 cm³/mol. The molecule has 0 saturated carbocycles. The molecule has 1 N–H and O–H groups in total. The summed E-state index contributed by atoms with van der Waals surface area (Å²) in [5.74, 6) is 1.06. The molecule has 0 fully saturated rings. The Morgan fingerprint density at radius 1 is 1.44 bits per heavy atom. The molecule has 2 rings (SSSR count). The monoisotopic (exact) mass is 282 g/mol. The number of rotatable bonds is 3. The number of hydrogen-bond donors (Lipinski definition) is 1. The summed E-state index contributed by atoms with van der Waals surface area (Å²) >= 11 is 3.33. The van der Waals surface area contributed by atoms with Crippen LogP contribution >= 0.6 is 15.9 Å². The van der Waals surface area contributed by atoms with E-state index in [1.165, 1.54) is 12.0 Å². The predicted octanol–water partition coefficient (Wildman–Crippen LogP) is 3.82. The lowest BCUT2D eigenvalue weighted by Crippen LogP contribution is -1.95. The highest BCUT2D eigenvalue weighted by Gasteiger charge is 2.15. The lowest BCUT2D eigenvalue weighted by molar-refractivity contribution is 0.400. The van der Waals surface area contributed by atoms with Gasteiger partial charge in [-0.1, -0.05) is 11.6 Å². The highest BCUT2D eigenvalue weighted by molar-refractivity contribution is 9.10. The van der Waals surface area contributed by atoms with E-state index in [2.05, 4.69) is 22.0 Å². The number of aromatic hydroxyl groups is 1. The van der Waals surface area contributed by atoms with Crippen LogP contribution in [0.15, 0.2) is 28.3 Å². The molecule has 0 heterocycles. The van der Waals surface area contributed by atoms with Crippen molar-refractivity contribution in [3.05, 3.63) is 33.8 Å². The molecule has 1 aliphatic rings. The van der Waals surface area contributed by atoms with Gasteiger partial charge in [0, 0.05) is 12.0 Å². The van der Waals surface area contributed by atoms with Crippen molar-refractivity contribution in [1.82, 2.24) is 0 Å². The quantitative estimate of drug-likeness (QED) is 0.855. The summed E-state index contributed by atoms with van der Waals surface area (Å²) in [7, 11) is 1.63. The molecule has 0 aliphatic heterocycles. The first-order valence-corrected chi connectivity index (χ1v) is 6.24. The lowest BCUT2D eigenvalue weighted by Gasteiger charge is -2.12. The minimum Gasteiger partial charge on any atom is -0.506 e. The Balaban J connectivity index is 2.33. The third kappa shape index (κ3) is 2.24. The van der Waals surface area contributed by atoms with E-state index in [1.807, 2.05) is 6.07 Å². The molecule has 1 aromatic rings. The fourth-order valence-electron chi connectivity index (χ4n) is 2.08. The second-order valence-corrected chi connectivity index (χ2v) is 4.86. The molecule has 1 aromatic carbocycles. The number of benzene rings is 1. The highest BCUT2D eigenvalue weighted by atomic mass is 79.9. The van der Waals surface area contributed by atoms with Crippen molar-refractivity contribution in [3.8, 4) is 11.5 Å². The van der Waals surface area contributed by atoms with Crippen LogP contribution in [-0.2, 0) is 6.42 Å². The highest BCUT2D eigenvalue weighted by Crippen LogP contribution is 2.37. The van der Waals surface area contributed by atoms with Gasteiger partial charge in [0.15, 0.2) is 0 Å². The van der Waals surface area contributed by atoms with Gasteiger partial charge in [-0.2, -0.15) is 0 Å². The number of ether oxygens (including phenoxy) is 1. The molecule has 16 heavy (non-hydrogen) atoms. The molecular formula is C13H15BrO2. The van der Waals surface area contributed by atoms with Gasteiger partial charge >= 0.3 is 0 Å². The van der Waals surface area contributed by atoms with Crippen molar-refractivity contribution in [2.75, 3.05) is 7.11 Å². The van der Waals surface area contributed by atoms with Gasteiger partial charge in [-0.3, -0.25) is 0 Å². The number of methoxy groups -OCH3 is 1. The Morgan fingerprint density at radius 3 is 2.88 bits per heavy atom. The summed E-state index contributed by atoms with van der Waals surface area (Å²) < 4.78 is 6.01. The number of hydrogen-bond acceptors (Lipinski definition) is 2. The zero-order valence-corrected chi connectivity index (χ0v) is 10.9. The fourth-order valence-corrected chi connectivity index (χ4v) is 2.45. The largest absolute Gasteiger partial charge is 0.506 e. The van der Waals surface area contributed by atoms with Crippen LogP contribution < -0.4 is 4.74 Å². The first kappa shape index (κ1) is 11.5. The van der Waals surface area contributed by atoms with Crippen LogP contribution in [0.4, 0.5) is 0 Å². The fraction of sp³-hybridized carbons (Fsp3) is 0.385. The lowest BCUT2D eigenvalue weighted by atomic mass is 10.0. The SMILES string of the molecule is COc1ccc(Br)c(O)c1CC1=CCCC1. The van der Waals surface area contributed by atoms with Crippen molar-refractivity contribution in [2.45, 2.75) is 25.7 Å². The molecule has 0 unspecified atom stereocenters. The molecule has 0 saturated heterocycles. The summed E-state index contributed by atoms with van der Waals surface area (Å²) in [6.07, 6.45) is 6.57. The van der Waals surface area contributed by atoms with Gasteiger partial charge in [0.1, 0.15) is 11.5 Å². The third-order valence-corrected chi connectivity index (χ3v) is 3.59. The number of phenols is 1. The van der Waals surface area contributed by atoms with Gasteiger partial charge in [-0.25, -0.2) is 0 Å². The van der Waals surface area contributed by atoms with E-state index in [0.717, 1.165) is 35.0 Å². The number of allylic oxidation sites excluding steroid dienone is 2. The van der Waals surface area contributed by atoms with Crippen molar-refractivity contribution in [1.29, 1.82) is 0 Å². The summed E-state index contributed by atoms with van der Waals surface area (Å²) in [5.41, 5.74) is 2.27. The summed E-state index contributed by atoms with van der Waals surface area (Å²) in [5, 5.41) is 10.0. The topological polar surface area (TPSA) is 29.5 Å². The standard InChI is InChI=1S/C13H15BrO2/c1-16-12-7-6-11(14)13(15)10(12)8-9-4-2-3-5-9/h4,6-7,15H,2-3,5,8H2,1H3. The van der Waals surface area contributed by atoms with Crippen molar-refractivity contribution < 1.29 is 9.84 Å². The molecule has 0 bridgehead atoms. The maximum Gasteiger partial charge on any atom is 0.136 e. The number of halogens is 1. The first-order chi connectivity index (χ1) is 7.72. The zero-order chi connectivity index (χ0) is 11.5. The van der Waals surface area contributed by atoms with E-state index in [-0.39, 0.29) is 0 Å². The molecule has 0 aromatic heterocycles. The Hall–Kier alpha value is -0.960. The summed E-state index contributed by atoms with van der Waals surface area (Å²) in [6.45, 7) is 0. The van der Waals surface area contributed by atoms with Gasteiger partial charge in [0.2, 0.25) is 0 Å². The van der Waals surface area contributed by atoms with Crippen LogP contribution in [-0.4, -0.2) is 12.2 Å². The summed E-state index contributed by atoms with van der Waals surface area (Å²) in [4.78, 5) is 0. The third-order valence-electron chi connectivity index (χ3n) is 2.95. The Bertz CT molecular complexity index is 424. The van der Waals surface area contributed by atoms with Crippen LogP contribution in [0, 0.1) is 0 Å². The molecular weight excluding hydrogens is 268 g/mol. The molecule has 0 radical (unpaired) electrons. The second-order valence-electron chi connectivity index (χ2n) is 4.01. The molecule has 0 atom stereocenters. The van der Waals surface area contributed by atoms with Gasteiger partial charge < -0.3 is 9.84 Å². The molecule has 0 spiro atoms. The molecule has 86 valence electrons. The minimum atomic E-state index is 0.298. The van der Waals surface area contributed by atoms with E-state index in [1.54, 1.807) is 13.2 Å². The summed E-state index contributed by atoms with van der Waals surface area (Å²) in [6, 6.07) is 3.69. The molecule has 0 amide bonds. The minimum absolute atomic E-state index is 0.298. The average molecular weight is 283 g/mol. The van der Waals surface area contributed by atoms with Gasteiger partial charge in [0.05, 0.1) is 11.6 Å². The Kier molecular flexibility index (Phi) is 3.54. The van der Waals surface area contributed by atoms with Crippen LogP contribution in [0.5, 0.6) is 11.5 Å². The van der Waals surface area contributed by atoms with Crippen LogP contribution in [0.1, 0.15) is 24.8 Å². The van der Waals surface area contributed by atoms with Crippen molar-refractivity contribution in [2.24, 2.45) is 0 Å².